The number of hydrogen-bond donors (Lipinski definition) is 3. The van der Waals surface area contributed by atoms with E-state index in [1.165, 1.54) is 4.90 Å². The highest BCUT2D eigenvalue weighted by atomic mass is 16.5. The molecule has 5 atom stereocenters. The minimum atomic E-state index is -1.02. The van der Waals surface area contributed by atoms with Crippen molar-refractivity contribution in [2.45, 2.75) is 46.2 Å². The van der Waals surface area contributed by atoms with E-state index in [9.17, 15) is 24.6 Å². The van der Waals surface area contributed by atoms with Gasteiger partial charge in [0.2, 0.25) is 11.8 Å². The van der Waals surface area contributed by atoms with Crippen molar-refractivity contribution in [3.05, 3.63) is 0 Å². The first kappa shape index (κ1) is 20.1. The van der Waals surface area contributed by atoms with Crippen LogP contribution in [0.25, 0.3) is 0 Å². The predicted octanol–water partition coefficient (Wildman–Crippen LogP) is 0.0938. The highest BCUT2D eigenvalue weighted by molar-refractivity contribution is 5.92. The first-order valence-electron chi connectivity index (χ1n) is 9.54. The lowest BCUT2D eigenvalue weighted by Crippen LogP contribution is -2.60. The van der Waals surface area contributed by atoms with Crippen molar-refractivity contribution in [3.8, 4) is 0 Å². The number of carbonyl (C=O) groups excluding carboxylic acids is 2. The topological polar surface area (TPSA) is 116 Å². The molecule has 3 fully saturated rings. The van der Waals surface area contributed by atoms with Crippen LogP contribution in [0.1, 0.15) is 34.1 Å². The highest BCUT2D eigenvalue weighted by Crippen LogP contribution is 2.65. The van der Waals surface area contributed by atoms with Gasteiger partial charge in [0.1, 0.15) is 12.1 Å². The Bertz CT molecular complexity index is 640. The molecule has 152 valence electrons. The summed E-state index contributed by atoms with van der Waals surface area (Å²) in [6.45, 7) is 8.31. The van der Waals surface area contributed by atoms with Crippen molar-refractivity contribution in [1.82, 2.24) is 10.2 Å². The van der Waals surface area contributed by atoms with E-state index in [1.54, 1.807) is 13.8 Å². The lowest BCUT2D eigenvalue weighted by Gasteiger charge is -2.38. The van der Waals surface area contributed by atoms with E-state index in [1.807, 2.05) is 13.8 Å². The fraction of sp³-hybridized carbons (Fsp3) is 0.842. The number of nitrogens with one attached hydrogen (secondary N) is 1. The van der Waals surface area contributed by atoms with Gasteiger partial charge in [-0.2, -0.15) is 0 Å². The van der Waals surface area contributed by atoms with E-state index >= 15 is 0 Å². The molecular weight excluding hydrogens is 352 g/mol. The van der Waals surface area contributed by atoms with Gasteiger partial charge in [-0.3, -0.25) is 9.59 Å². The van der Waals surface area contributed by atoms with E-state index in [2.05, 4.69) is 5.32 Å². The SMILES string of the molecule is CC(C)(CO)C(NC(=O)C1CCOC1)C(=O)N1C[C@H]2[C@@H]([C@H]1C(=O)O)C2(C)C. The zero-order chi connectivity index (χ0) is 20.1. The molecule has 2 saturated heterocycles. The van der Waals surface area contributed by atoms with Gasteiger partial charge in [0.05, 0.1) is 19.1 Å². The molecule has 8 nitrogen and oxygen atoms in total. The summed E-state index contributed by atoms with van der Waals surface area (Å²) in [5.74, 6) is -1.98. The van der Waals surface area contributed by atoms with E-state index < -0.39 is 29.4 Å². The van der Waals surface area contributed by atoms with Crippen molar-refractivity contribution >= 4 is 17.8 Å². The smallest absolute Gasteiger partial charge is 0.326 e. The number of aliphatic hydroxyl groups is 1. The number of ether oxygens (including phenoxy) is 1. The normalized spacial score (nSPS) is 32.7. The molecule has 0 aromatic rings. The van der Waals surface area contributed by atoms with Crippen LogP contribution in [0, 0.1) is 28.6 Å². The summed E-state index contributed by atoms with van der Waals surface area (Å²) in [5.41, 5.74) is -1.01. The summed E-state index contributed by atoms with van der Waals surface area (Å²) in [4.78, 5) is 39.1. The van der Waals surface area contributed by atoms with Gasteiger partial charge < -0.3 is 25.2 Å². The number of nitrogens with zero attached hydrogens (tertiary/aromatic N) is 1. The standard InChI is InChI=1S/C19H30N2O6/c1-18(2,9-22)14(20-15(23)10-5-6-27-8-10)16(24)21-7-11-12(19(11,3)4)13(21)17(25)26/h10-14,22H,5-9H2,1-4H3,(H,20,23)(H,25,26)/t10?,11-,12-,13-,14?/m0/s1. The maximum atomic E-state index is 13.3. The number of piperidine rings is 1. The molecule has 2 heterocycles. The van der Waals surface area contributed by atoms with Gasteiger partial charge in [0.15, 0.2) is 0 Å². The number of rotatable bonds is 6. The third-order valence-electron chi connectivity index (χ3n) is 6.77. The number of carboxylic acids is 1. The average molecular weight is 382 g/mol. The Labute approximate surface area is 159 Å². The number of aliphatic carboxylic acids is 1. The number of likely N-dealkylation sites (tertiary alicyclic amines) is 1. The molecule has 2 unspecified atom stereocenters. The van der Waals surface area contributed by atoms with Crippen LogP contribution in [-0.4, -0.2) is 71.3 Å². The monoisotopic (exact) mass is 382 g/mol. The summed E-state index contributed by atoms with van der Waals surface area (Å²) in [5, 5.41) is 22.3. The van der Waals surface area contributed by atoms with E-state index in [0.29, 0.717) is 26.2 Å². The average Bonchev–Trinajstić information content (AvgIpc) is 3.08. The van der Waals surface area contributed by atoms with Gasteiger partial charge in [0.25, 0.3) is 0 Å². The van der Waals surface area contributed by atoms with Gasteiger partial charge in [-0.1, -0.05) is 27.7 Å². The van der Waals surface area contributed by atoms with Crippen molar-refractivity contribution in [2.24, 2.45) is 28.6 Å². The van der Waals surface area contributed by atoms with Crippen molar-refractivity contribution in [2.75, 3.05) is 26.4 Å². The van der Waals surface area contributed by atoms with E-state index in [0.717, 1.165) is 0 Å². The number of hydrogen-bond acceptors (Lipinski definition) is 5. The molecule has 8 heteroatoms. The van der Waals surface area contributed by atoms with Gasteiger partial charge in [-0.15, -0.1) is 0 Å². The lowest BCUT2D eigenvalue weighted by atomic mass is 9.83. The Hall–Kier alpha value is -1.67. The molecule has 3 N–H and O–H groups in total. The molecule has 0 aromatic carbocycles. The summed E-state index contributed by atoms with van der Waals surface area (Å²) in [6.07, 6.45) is 0.589. The Morgan fingerprint density at radius 1 is 1.33 bits per heavy atom. The molecule has 0 spiro atoms. The molecule has 2 aliphatic heterocycles. The van der Waals surface area contributed by atoms with Crippen LogP contribution >= 0.6 is 0 Å². The maximum absolute atomic E-state index is 13.3. The third kappa shape index (κ3) is 3.33. The Morgan fingerprint density at radius 2 is 2.00 bits per heavy atom. The molecule has 0 radical (unpaired) electrons. The van der Waals surface area contributed by atoms with Gasteiger partial charge in [0, 0.05) is 24.5 Å². The van der Waals surface area contributed by atoms with Crippen LogP contribution in [0.2, 0.25) is 0 Å². The first-order valence-corrected chi connectivity index (χ1v) is 9.54. The summed E-state index contributed by atoms with van der Waals surface area (Å²) >= 11 is 0. The number of fused-ring (bicyclic) bond motifs is 1. The van der Waals surface area contributed by atoms with Crippen LogP contribution < -0.4 is 5.32 Å². The van der Waals surface area contributed by atoms with Gasteiger partial charge in [-0.25, -0.2) is 4.79 Å². The third-order valence-corrected chi connectivity index (χ3v) is 6.77. The molecule has 3 rings (SSSR count). The number of amides is 2. The Balaban J connectivity index is 1.81. The second kappa shape index (κ2) is 6.74. The lowest BCUT2D eigenvalue weighted by molar-refractivity contribution is -0.153. The second-order valence-corrected chi connectivity index (χ2v) is 9.38. The first-order chi connectivity index (χ1) is 12.5. The largest absolute Gasteiger partial charge is 0.480 e. The molecule has 0 aromatic heterocycles. The summed E-state index contributed by atoms with van der Waals surface area (Å²) in [6, 6.07) is -1.88. The summed E-state index contributed by atoms with van der Waals surface area (Å²) in [7, 11) is 0. The highest BCUT2D eigenvalue weighted by Gasteiger charge is 2.70. The predicted molar refractivity (Wildman–Crippen MR) is 95.6 cm³/mol. The van der Waals surface area contributed by atoms with Crippen molar-refractivity contribution < 1.29 is 29.3 Å². The number of carbonyl (C=O) groups is 3. The minimum Gasteiger partial charge on any atom is -0.480 e. The molecule has 0 bridgehead atoms. The van der Waals surface area contributed by atoms with Crippen LogP contribution in [-0.2, 0) is 19.1 Å². The van der Waals surface area contributed by atoms with Crippen molar-refractivity contribution in [1.29, 1.82) is 0 Å². The number of aliphatic hydroxyl groups excluding tert-OH is 1. The molecule has 1 aliphatic carbocycles. The minimum absolute atomic E-state index is 0.0734. The van der Waals surface area contributed by atoms with Crippen LogP contribution in [0.3, 0.4) is 0 Å². The molecule has 1 saturated carbocycles. The molecule has 27 heavy (non-hydrogen) atoms. The van der Waals surface area contributed by atoms with Gasteiger partial charge in [-0.05, 0) is 17.8 Å². The van der Waals surface area contributed by atoms with Crippen LogP contribution in [0.4, 0.5) is 0 Å². The molecule has 3 aliphatic rings. The van der Waals surface area contributed by atoms with E-state index in [4.69, 9.17) is 4.74 Å². The second-order valence-electron chi connectivity index (χ2n) is 9.38. The molecular formula is C19H30N2O6. The maximum Gasteiger partial charge on any atom is 0.326 e. The fourth-order valence-electron chi connectivity index (χ4n) is 4.65. The quantitative estimate of drug-likeness (QED) is 0.600. The van der Waals surface area contributed by atoms with Gasteiger partial charge >= 0.3 is 5.97 Å². The van der Waals surface area contributed by atoms with Crippen molar-refractivity contribution in [3.63, 3.8) is 0 Å². The zero-order valence-corrected chi connectivity index (χ0v) is 16.4. The van der Waals surface area contributed by atoms with Crippen LogP contribution in [0.5, 0.6) is 0 Å². The Morgan fingerprint density at radius 3 is 2.52 bits per heavy atom. The number of carboxylic acid groups (broad SMARTS) is 1. The molecule has 2 amide bonds. The fourth-order valence-corrected chi connectivity index (χ4v) is 4.65. The van der Waals surface area contributed by atoms with Crippen LogP contribution in [0.15, 0.2) is 0 Å². The summed E-state index contributed by atoms with van der Waals surface area (Å²) < 4.78 is 5.24. The van der Waals surface area contributed by atoms with E-state index in [-0.39, 0.29) is 35.7 Å². The zero-order valence-electron chi connectivity index (χ0n) is 16.4. The Kier molecular flexibility index (Phi) is 5.01.